The van der Waals surface area contributed by atoms with Crippen molar-refractivity contribution in [2.45, 2.75) is 60.5 Å². The zero-order valence-electron chi connectivity index (χ0n) is 35.4. The Balaban J connectivity index is 0.000000202. The molecule has 9 rings (SSSR count). The van der Waals surface area contributed by atoms with Crippen LogP contribution in [0.4, 0.5) is 0 Å². The van der Waals surface area contributed by atoms with Crippen molar-refractivity contribution >= 4 is 21.9 Å². The van der Waals surface area contributed by atoms with Gasteiger partial charge in [0.05, 0.1) is 12.0 Å². The van der Waals surface area contributed by atoms with Crippen LogP contribution in [-0.4, -0.2) is 5.11 Å². The van der Waals surface area contributed by atoms with Crippen LogP contribution in [0.5, 0.6) is 0 Å². The summed E-state index contributed by atoms with van der Waals surface area (Å²) in [5, 5.41) is 13.5. The van der Waals surface area contributed by atoms with Gasteiger partial charge in [-0.15, -0.1) is 0 Å². The lowest BCUT2D eigenvalue weighted by Crippen LogP contribution is -2.35. The largest absolute Gasteiger partial charge is 0.456 e. The van der Waals surface area contributed by atoms with Gasteiger partial charge in [-0.2, -0.15) is 0 Å². The number of hydrogen-bond donors (Lipinski definition) is 1. The van der Waals surface area contributed by atoms with Gasteiger partial charge < -0.3 is 9.52 Å². The Morgan fingerprint density at radius 3 is 1.39 bits per heavy atom. The van der Waals surface area contributed by atoms with Gasteiger partial charge in [0.2, 0.25) is 0 Å². The number of para-hydroxylation sites is 2. The van der Waals surface area contributed by atoms with Crippen molar-refractivity contribution in [1.29, 1.82) is 0 Å². The molecule has 1 N–H and O–H groups in total. The molecule has 0 atom stereocenters. The molecular formula is C57H54O2. The minimum Gasteiger partial charge on any atom is -0.456 e. The van der Waals surface area contributed by atoms with E-state index < -0.39 is 5.41 Å². The van der Waals surface area contributed by atoms with E-state index in [-0.39, 0.29) is 6.61 Å². The third-order valence-corrected chi connectivity index (χ3v) is 11.8. The normalized spacial score (nSPS) is 11.1. The summed E-state index contributed by atoms with van der Waals surface area (Å²) >= 11 is 0. The molecule has 1 aromatic heterocycles. The fraction of sp³-hybridized carbons (Fsp3) is 0.158. The standard InChI is InChI=1S/C37H36O.C13H10O.C7H8/c1-25-14-6-10-18-30(25)31-22-23-36(32(24-38)29(31)5)37(33-19-11-7-15-26(33)2,34-20-12-8-16-27(34)3)35-21-13-9-17-28(35)4;1-9-5-4-7-11-10-6-2-3-8-12(10)14-13(9)11;1-7-5-3-2-4-6-7/h6-23,38H,24H2,1-5H3;2-8H,1H3;2-6H,1H3. The molecule has 294 valence electrons. The summed E-state index contributed by atoms with van der Waals surface area (Å²) in [4.78, 5) is 0. The van der Waals surface area contributed by atoms with Crippen molar-refractivity contribution < 1.29 is 9.52 Å². The maximum Gasteiger partial charge on any atom is 0.138 e. The molecule has 0 saturated carbocycles. The average Bonchev–Trinajstić information content (AvgIpc) is 3.64. The first-order valence-corrected chi connectivity index (χ1v) is 20.5. The van der Waals surface area contributed by atoms with E-state index in [4.69, 9.17) is 4.42 Å². The van der Waals surface area contributed by atoms with Crippen LogP contribution in [0.25, 0.3) is 33.1 Å². The van der Waals surface area contributed by atoms with E-state index in [0.717, 1.165) is 27.9 Å². The third kappa shape index (κ3) is 8.02. The van der Waals surface area contributed by atoms with Crippen LogP contribution in [0.15, 0.2) is 186 Å². The third-order valence-electron chi connectivity index (χ3n) is 11.8. The molecule has 0 fully saturated rings. The Hall–Kier alpha value is -6.48. The van der Waals surface area contributed by atoms with Gasteiger partial charge in [-0.05, 0) is 127 Å². The highest BCUT2D eigenvalue weighted by atomic mass is 16.3. The van der Waals surface area contributed by atoms with Crippen LogP contribution in [-0.2, 0) is 12.0 Å². The Morgan fingerprint density at radius 2 is 0.864 bits per heavy atom. The zero-order valence-corrected chi connectivity index (χ0v) is 35.4. The highest BCUT2D eigenvalue weighted by molar-refractivity contribution is 6.05. The molecule has 1 heterocycles. The summed E-state index contributed by atoms with van der Waals surface area (Å²) < 4.78 is 5.78. The minimum absolute atomic E-state index is 0.0354. The molecule has 0 saturated heterocycles. The molecule has 0 radical (unpaired) electrons. The number of hydrogen-bond acceptors (Lipinski definition) is 2. The molecule has 0 aliphatic heterocycles. The SMILES string of the molecule is Cc1cccc2c1oc1ccccc12.Cc1ccccc1.Cc1ccccc1-c1ccc(C(c2ccccc2C)(c2ccccc2C)c2ccccc2C)c(CO)c1C. The van der Waals surface area contributed by atoms with E-state index >= 15 is 0 Å². The van der Waals surface area contributed by atoms with E-state index in [0.29, 0.717) is 0 Å². The van der Waals surface area contributed by atoms with Gasteiger partial charge in [0.1, 0.15) is 11.2 Å². The maximum atomic E-state index is 11.1. The first-order chi connectivity index (χ1) is 28.7. The lowest BCUT2D eigenvalue weighted by molar-refractivity contribution is 0.279. The van der Waals surface area contributed by atoms with E-state index in [1.165, 1.54) is 72.0 Å². The van der Waals surface area contributed by atoms with Crippen LogP contribution in [0.2, 0.25) is 0 Å². The Labute approximate surface area is 350 Å². The van der Waals surface area contributed by atoms with Crippen LogP contribution in [0.1, 0.15) is 66.8 Å². The summed E-state index contributed by atoms with van der Waals surface area (Å²) in [7, 11) is 0. The number of aliphatic hydroxyl groups excluding tert-OH is 1. The topological polar surface area (TPSA) is 33.4 Å². The molecule has 8 aromatic carbocycles. The van der Waals surface area contributed by atoms with Crippen molar-refractivity contribution in [3.05, 3.63) is 249 Å². The highest BCUT2D eigenvalue weighted by Crippen LogP contribution is 2.50. The molecule has 0 aliphatic rings. The molecule has 2 nitrogen and oxygen atoms in total. The summed E-state index contributed by atoms with van der Waals surface area (Å²) in [6, 6.07) is 63.8. The average molecular weight is 771 g/mol. The molecule has 0 unspecified atom stereocenters. The molecule has 9 aromatic rings. The van der Waals surface area contributed by atoms with Crippen molar-refractivity contribution in [2.24, 2.45) is 0 Å². The molecule has 59 heavy (non-hydrogen) atoms. The molecule has 0 bridgehead atoms. The summed E-state index contributed by atoms with van der Waals surface area (Å²) in [5.74, 6) is 0. The Kier molecular flexibility index (Phi) is 12.4. The predicted octanol–water partition coefficient (Wildman–Crippen LogP) is 14.7. The van der Waals surface area contributed by atoms with Crippen LogP contribution in [0, 0.1) is 48.5 Å². The Bertz CT molecular complexity index is 2730. The van der Waals surface area contributed by atoms with Crippen molar-refractivity contribution in [2.75, 3.05) is 0 Å². The van der Waals surface area contributed by atoms with E-state index in [1.54, 1.807) is 0 Å². The lowest BCUT2D eigenvalue weighted by atomic mass is 9.60. The quantitative estimate of drug-likeness (QED) is 0.171. The number of furan rings is 1. The first kappa shape index (κ1) is 40.7. The van der Waals surface area contributed by atoms with Gasteiger partial charge in [-0.25, -0.2) is 0 Å². The smallest absolute Gasteiger partial charge is 0.138 e. The van der Waals surface area contributed by atoms with E-state index in [1.807, 2.05) is 36.4 Å². The molecule has 0 spiro atoms. The van der Waals surface area contributed by atoms with Gasteiger partial charge in [-0.1, -0.05) is 181 Å². The van der Waals surface area contributed by atoms with Gasteiger partial charge in [-0.3, -0.25) is 0 Å². The summed E-state index contributed by atoms with van der Waals surface area (Å²) in [5.41, 5.74) is 18.1. The molecule has 2 heteroatoms. The van der Waals surface area contributed by atoms with Gasteiger partial charge in [0, 0.05) is 10.8 Å². The Morgan fingerprint density at radius 1 is 0.390 bits per heavy atom. The summed E-state index contributed by atoms with van der Waals surface area (Å²) in [6.07, 6.45) is 0. The molecular weight excluding hydrogens is 717 g/mol. The number of aliphatic hydroxyl groups is 1. The highest BCUT2D eigenvalue weighted by Gasteiger charge is 2.43. The van der Waals surface area contributed by atoms with Crippen LogP contribution in [0.3, 0.4) is 0 Å². The van der Waals surface area contributed by atoms with Gasteiger partial charge in [0.25, 0.3) is 0 Å². The summed E-state index contributed by atoms with van der Waals surface area (Å²) in [6.45, 7) is 15.0. The number of aryl methyl sites for hydroxylation is 6. The lowest BCUT2D eigenvalue weighted by Gasteiger charge is -2.41. The minimum atomic E-state index is -0.602. The second kappa shape index (κ2) is 18.0. The molecule has 0 amide bonds. The van der Waals surface area contributed by atoms with Gasteiger partial charge >= 0.3 is 0 Å². The van der Waals surface area contributed by atoms with Crippen molar-refractivity contribution in [1.82, 2.24) is 0 Å². The van der Waals surface area contributed by atoms with Crippen molar-refractivity contribution in [3.8, 4) is 11.1 Å². The van der Waals surface area contributed by atoms with E-state index in [9.17, 15) is 5.11 Å². The number of rotatable bonds is 6. The zero-order chi connectivity index (χ0) is 41.5. The first-order valence-electron chi connectivity index (χ1n) is 20.5. The monoisotopic (exact) mass is 770 g/mol. The van der Waals surface area contributed by atoms with Crippen molar-refractivity contribution in [3.63, 3.8) is 0 Å². The number of benzene rings is 8. The second-order valence-corrected chi connectivity index (χ2v) is 15.6. The maximum absolute atomic E-state index is 11.1. The fourth-order valence-corrected chi connectivity index (χ4v) is 8.75. The predicted molar refractivity (Wildman–Crippen MR) is 249 cm³/mol. The number of fused-ring (bicyclic) bond motifs is 3. The van der Waals surface area contributed by atoms with Crippen LogP contribution >= 0.6 is 0 Å². The second-order valence-electron chi connectivity index (χ2n) is 15.6. The van der Waals surface area contributed by atoms with Gasteiger partial charge in [0.15, 0.2) is 0 Å². The molecule has 0 aliphatic carbocycles. The fourth-order valence-electron chi connectivity index (χ4n) is 8.75. The van der Waals surface area contributed by atoms with Crippen LogP contribution < -0.4 is 0 Å². The van der Waals surface area contributed by atoms with E-state index in [2.05, 4.69) is 194 Å².